The minimum atomic E-state index is -0.191. The highest BCUT2D eigenvalue weighted by Gasteiger charge is 2.09. The van der Waals surface area contributed by atoms with Gasteiger partial charge in [-0.2, -0.15) is 0 Å². The Bertz CT molecular complexity index is 1350. The van der Waals surface area contributed by atoms with Crippen LogP contribution in [-0.4, -0.2) is 18.1 Å². The van der Waals surface area contributed by atoms with E-state index in [0.29, 0.717) is 11.3 Å². The van der Waals surface area contributed by atoms with E-state index in [2.05, 4.69) is 56.4 Å². The lowest BCUT2D eigenvalue weighted by Gasteiger charge is -2.13. The predicted molar refractivity (Wildman–Crippen MR) is 136 cm³/mol. The Balaban J connectivity index is 1.55. The fourth-order valence-electron chi connectivity index (χ4n) is 3.98. The first-order chi connectivity index (χ1) is 15.9. The van der Waals surface area contributed by atoms with Crippen LogP contribution in [0, 0.1) is 13.8 Å². The molecule has 0 bridgehead atoms. The maximum atomic E-state index is 12.5. The second-order valence-corrected chi connectivity index (χ2v) is 8.23. The SMILES string of the molecule is COc1cc(C)c2cc(C(C)=Cc3ccc(C(=O)Nc4ccc(O)cc4)cc3)ccc2c1C. The van der Waals surface area contributed by atoms with Crippen LogP contribution in [0.5, 0.6) is 11.5 Å². The molecule has 166 valence electrons. The number of phenols is 1. The summed E-state index contributed by atoms with van der Waals surface area (Å²) in [6.45, 7) is 6.29. The molecule has 0 unspecified atom stereocenters. The maximum absolute atomic E-state index is 12.5. The zero-order chi connectivity index (χ0) is 23.5. The normalized spacial score (nSPS) is 11.5. The molecule has 4 aromatic rings. The van der Waals surface area contributed by atoms with Gasteiger partial charge in [-0.1, -0.05) is 30.3 Å². The quantitative estimate of drug-likeness (QED) is 0.261. The standard InChI is InChI=1S/C29H27NO3/c1-18(23-9-14-26-20(3)28(33-4)16-19(2)27(26)17-23)15-21-5-7-22(8-6-21)29(32)30-24-10-12-25(31)13-11-24/h5-17,31H,1-4H3,(H,30,32). The second kappa shape index (κ2) is 9.21. The third kappa shape index (κ3) is 4.75. The number of nitrogens with one attached hydrogen (secondary N) is 1. The zero-order valence-electron chi connectivity index (χ0n) is 19.3. The molecule has 0 saturated heterocycles. The van der Waals surface area contributed by atoms with Crippen molar-refractivity contribution in [1.29, 1.82) is 0 Å². The van der Waals surface area contributed by atoms with Crippen LogP contribution in [0.2, 0.25) is 0 Å². The topological polar surface area (TPSA) is 58.6 Å². The maximum Gasteiger partial charge on any atom is 0.255 e. The highest BCUT2D eigenvalue weighted by Crippen LogP contribution is 2.32. The molecule has 1 amide bonds. The van der Waals surface area contributed by atoms with Crippen molar-refractivity contribution in [2.24, 2.45) is 0 Å². The van der Waals surface area contributed by atoms with Gasteiger partial charge in [0.05, 0.1) is 7.11 Å². The van der Waals surface area contributed by atoms with Gasteiger partial charge in [0, 0.05) is 11.3 Å². The minimum absolute atomic E-state index is 0.163. The number of ether oxygens (including phenoxy) is 1. The third-order valence-electron chi connectivity index (χ3n) is 5.92. The molecule has 0 spiro atoms. The summed E-state index contributed by atoms with van der Waals surface area (Å²) in [7, 11) is 1.71. The van der Waals surface area contributed by atoms with Crippen LogP contribution in [0.3, 0.4) is 0 Å². The molecule has 0 atom stereocenters. The number of hydrogen-bond acceptors (Lipinski definition) is 3. The number of carbonyl (C=O) groups excluding carboxylic acids is 1. The molecule has 33 heavy (non-hydrogen) atoms. The Kier molecular flexibility index (Phi) is 6.18. The Morgan fingerprint density at radius 2 is 1.55 bits per heavy atom. The zero-order valence-corrected chi connectivity index (χ0v) is 19.3. The molecular weight excluding hydrogens is 410 g/mol. The first-order valence-corrected chi connectivity index (χ1v) is 10.8. The molecule has 0 aliphatic carbocycles. The highest BCUT2D eigenvalue weighted by atomic mass is 16.5. The lowest BCUT2D eigenvalue weighted by molar-refractivity contribution is 0.102. The molecule has 0 aliphatic heterocycles. The molecule has 4 rings (SSSR count). The van der Waals surface area contributed by atoms with Crippen molar-refractivity contribution in [2.45, 2.75) is 20.8 Å². The summed E-state index contributed by atoms with van der Waals surface area (Å²) < 4.78 is 5.51. The number of methoxy groups -OCH3 is 1. The lowest BCUT2D eigenvalue weighted by atomic mass is 9.95. The summed E-state index contributed by atoms with van der Waals surface area (Å²) in [5, 5.41) is 14.6. The number of fused-ring (bicyclic) bond motifs is 1. The fourth-order valence-corrected chi connectivity index (χ4v) is 3.98. The van der Waals surface area contributed by atoms with E-state index in [1.807, 2.05) is 24.3 Å². The van der Waals surface area contributed by atoms with E-state index in [-0.39, 0.29) is 11.7 Å². The van der Waals surface area contributed by atoms with Crippen LogP contribution in [0.25, 0.3) is 22.4 Å². The van der Waals surface area contributed by atoms with Gasteiger partial charge in [0.1, 0.15) is 11.5 Å². The number of hydrogen-bond donors (Lipinski definition) is 2. The number of rotatable bonds is 5. The highest BCUT2D eigenvalue weighted by molar-refractivity contribution is 6.04. The van der Waals surface area contributed by atoms with E-state index in [0.717, 1.165) is 28.0 Å². The molecule has 0 aliphatic rings. The van der Waals surface area contributed by atoms with Crippen LogP contribution in [0.4, 0.5) is 5.69 Å². The van der Waals surface area contributed by atoms with Gasteiger partial charge in [-0.15, -0.1) is 0 Å². The van der Waals surface area contributed by atoms with Crippen molar-refractivity contribution in [3.05, 3.63) is 101 Å². The monoisotopic (exact) mass is 437 g/mol. The van der Waals surface area contributed by atoms with Gasteiger partial charge >= 0.3 is 0 Å². The first kappa shape index (κ1) is 22.2. The Morgan fingerprint density at radius 1 is 0.879 bits per heavy atom. The van der Waals surface area contributed by atoms with Crippen molar-refractivity contribution >= 4 is 34.0 Å². The number of carbonyl (C=O) groups is 1. The van der Waals surface area contributed by atoms with E-state index in [9.17, 15) is 9.90 Å². The van der Waals surface area contributed by atoms with Gasteiger partial charge in [-0.05, 0) is 108 Å². The fraction of sp³-hybridized carbons (Fsp3) is 0.138. The average Bonchev–Trinajstić information content (AvgIpc) is 2.83. The number of allylic oxidation sites excluding steroid dienone is 1. The van der Waals surface area contributed by atoms with Crippen LogP contribution in [0.15, 0.2) is 72.8 Å². The van der Waals surface area contributed by atoms with Crippen molar-refractivity contribution in [1.82, 2.24) is 0 Å². The number of anilines is 1. The summed E-state index contributed by atoms with van der Waals surface area (Å²) in [5.74, 6) is 0.884. The number of phenolic OH excluding ortho intramolecular Hbond substituents is 1. The van der Waals surface area contributed by atoms with Gasteiger partial charge in [0.15, 0.2) is 0 Å². The third-order valence-corrected chi connectivity index (χ3v) is 5.92. The molecule has 0 fully saturated rings. The molecular formula is C29H27NO3. The predicted octanol–water partition coefficient (Wildman–Crippen LogP) is 6.98. The molecule has 4 aromatic carbocycles. The van der Waals surface area contributed by atoms with E-state index in [1.165, 1.54) is 16.3 Å². The van der Waals surface area contributed by atoms with Gasteiger partial charge in [0.25, 0.3) is 5.91 Å². The molecule has 0 heterocycles. The smallest absolute Gasteiger partial charge is 0.255 e. The van der Waals surface area contributed by atoms with Crippen molar-refractivity contribution in [3.8, 4) is 11.5 Å². The number of benzene rings is 4. The van der Waals surface area contributed by atoms with E-state index in [4.69, 9.17) is 4.74 Å². The van der Waals surface area contributed by atoms with Crippen molar-refractivity contribution in [3.63, 3.8) is 0 Å². The number of aryl methyl sites for hydroxylation is 2. The Morgan fingerprint density at radius 3 is 2.21 bits per heavy atom. The van der Waals surface area contributed by atoms with Gasteiger partial charge in [-0.25, -0.2) is 0 Å². The minimum Gasteiger partial charge on any atom is -0.508 e. The second-order valence-electron chi connectivity index (χ2n) is 8.23. The Labute approximate surface area is 194 Å². The molecule has 4 heteroatoms. The van der Waals surface area contributed by atoms with E-state index >= 15 is 0 Å². The van der Waals surface area contributed by atoms with E-state index in [1.54, 1.807) is 31.4 Å². The van der Waals surface area contributed by atoms with Gasteiger partial charge < -0.3 is 15.2 Å². The van der Waals surface area contributed by atoms with Crippen LogP contribution in [-0.2, 0) is 0 Å². The van der Waals surface area contributed by atoms with Crippen LogP contribution in [0.1, 0.15) is 39.5 Å². The molecule has 2 N–H and O–H groups in total. The van der Waals surface area contributed by atoms with E-state index < -0.39 is 0 Å². The summed E-state index contributed by atoms with van der Waals surface area (Å²) in [6.07, 6.45) is 2.12. The van der Waals surface area contributed by atoms with Crippen molar-refractivity contribution < 1.29 is 14.6 Å². The molecule has 4 nitrogen and oxygen atoms in total. The summed E-state index contributed by atoms with van der Waals surface area (Å²) >= 11 is 0. The average molecular weight is 438 g/mol. The summed E-state index contributed by atoms with van der Waals surface area (Å²) in [6, 6.07) is 22.5. The molecule has 0 radical (unpaired) electrons. The van der Waals surface area contributed by atoms with Gasteiger partial charge in [0.2, 0.25) is 0 Å². The van der Waals surface area contributed by atoms with Gasteiger partial charge in [-0.3, -0.25) is 4.79 Å². The summed E-state index contributed by atoms with van der Waals surface area (Å²) in [4.78, 5) is 12.5. The lowest BCUT2D eigenvalue weighted by Crippen LogP contribution is -2.11. The first-order valence-electron chi connectivity index (χ1n) is 10.8. The molecule has 0 aromatic heterocycles. The van der Waals surface area contributed by atoms with Crippen LogP contribution >= 0.6 is 0 Å². The molecule has 0 saturated carbocycles. The summed E-state index contributed by atoms with van der Waals surface area (Å²) in [5.41, 5.74) is 6.87. The van der Waals surface area contributed by atoms with Crippen LogP contribution < -0.4 is 10.1 Å². The number of aromatic hydroxyl groups is 1. The number of amides is 1. The largest absolute Gasteiger partial charge is 0.508 e. The van der Waals surface area contributed by atoms with Crippen molar-refractivity contribution in [2.75, 3.05) is 12.4 Å². The Hall–Kier alpha value is -4.05.